The third-order valence-corrected chi connectivity index (χ3v) is 5.67. The van der Waals surface area contributed by atoms with Gasteiger partial charge in [-0.1, -0.05) is 45.2 Å². The van der Waals surface area contributed by atoms with Crippen molar-refractivity contribution in [3.8, 4) is 11.5 Å². The van der Waals surface area contributed by atoms with Crippen LogP contribution in [0.4, 0.5) is 4.79 Å². The molecule has 29 heavy (non-hydrogen) atoms. The van der Waals surface area contributed by atoms with E-state index < -0.39 is 6.03 Å². The molecule has 9 heteroatoms. The summed E-state index contributed by atoms with van der Waals surface area (Å²) in [5.74, 6) is 0.608. The zero-order valence-electron chi connectivity index (χ0n) is 15.6. The highest BCUT2D eigenvalue weighted by Gasteiger charge is 2.32. The van der Waals surface area contributed by atoms with Gasteiger partial charge in [-0.05, 0) is 48.4 Å². The highest BCUT2D eigenvalue weighted by Crippen LogP contribution is 2.35. The minimum Gasteiger partial charge on any atom is -0.493 e. The number of rotatable bonds is 6. The van der Waals surface area contributed by atoms with E-state index in [1.54, 1.807) is 37.3 Å². The number of carbonyl (C=O) groups is 2. The van der Waals surface area contributed by atoms with E-state index in [0.29, 0.717) is 38.1 Å². The molecule has 2 aromatic rings. The molecule has 0 saturated carbocycles. The number of nitrogens with zero attached hydrogens (tertiary/aromatic N) is 1. The van der Waals surface area contributed by atoms with Crippen LogP contribution in [0.5, 0.6) is 11.5 Å². The SMILES string of the molecule is CCN1C(=O)N/C(=C/c2cc(OC)c(OCc3ccc(Cl)c(Cl)c3)cc2Br)C1=O. The van der Waals surface area contributed by atoms with Crippen molar-refractivity contribution in [2.75, 3.05) is 13.7 Å². The second-order valence-corrected chi connectivity index (χ2v) is 7.77. The fraction of sp³-hybridized carbons (Fsp3) is 0.200. The zero-order chi connectivity index (χ0) is 21.1. The molecule has 0 atom stereocenters. The minimum atomic E-state index is -0.437. The van der Waals surface area contributed by atoms with Gasteiger partial charge in [0.05, 0.1) is 17.2 Å². The van der Waals surface area contributed by atoms with Crippen molar-refractivity contribution < 1.29 is 19.1 Å². The average molecular weight is 500 g/mol. The van der Waals surface area contributed by atoms with Crippen LogP contribution in [-0.4, -0.2) is 30.5 Å². The molecule has 0 aliphatic carbocycles. The minimum absolute atomic E-state index is 0.198. The van der Waals surface area contributed by atoms with E-state index >= 15 is 0 Å². The molecule has 152 valence electrons. The normalized spacial score (nSPS) is 15.1. The van der Waals surface area contributed by atoms with Crippen LogP contribution in [0.3, 0.4) is 0 Å². The number of urea groups is 1. The Kier molecular flexibility index (Phi) is 6.72. The largest absolute Gasteiger partial charge is 0.493 e. The summed E-state index contributed by atoms with van der Waals surface area (Å²) in [6.45, 7) is 2.30. The Morgan fingerprint density at radius 3 is 2.52 bits per heavy atom. The quantitative estimate of drug-likeness (QED) is 0.435. The number of likely N-dealkylation sites (N-methyl/N-ethyl adjacent to an activating group) is 1. The van der Waals surface area contributed by atoms with Gasteiger partial charge in [-0.25, -0.2) is 4.79 Å². The number of nitrogens with one attached hydrogen (secondary N) is 1. The highest BCUT2D eigenvalue weighted by molar-refractivity contribution is 9.10. The van der Waals surface area contributed by atoms with Gasteiger partial charge in [-0.15, -0.1) is 0 Å². The van der Waals surface area contributed by atoms with Gasteiger partial charge < -0.3 is 14.8 Å². The number of carbonyl (C=O) groups excluding carboxylic acids is 2. The second-order valence-electron chi connectivity index (χ2n) is 6.10. The van der Waals surface area contributed by atoms with Crippen LogP contribution in [0, 0.1) is 0 Å². The molecule has 0 bridgehead atoms. The number of methoxy groups -OCH3 is 1. The molecule has 0 spiro atoms. The van der Waals surface area contributed by atoms with Crippen LogP contribution in [0.1, 0.15) is 18.1 Å². The van der Waals surface area contributed by atoms with Crippen molar-refractivity contribution in [3.05, 3.63) is 61.7 Å². The fourth-order valence-electron chi connectivity index (χ4n) is 2.74. The Labute approximate surface area is 186 Å². The molecule has 2 aromatic carbocycles. The van der Waals surface area contributed by atoms with Crippen LogP contribution < -0.4 is 14.8 Å². The van der Waals surface area contributed by atoms with E-state index in [1.807, 2.05) is 6.07 Å². The van der Waals surface area contributed by atoms with E-state index in [0.717, 1.165) is 10.5 Å². The van der Waals surface area contributed by atoms with Crippen molar-refractivity contribution in [3.63, 3.8) is 0 Å². The second kappa shape index (κ2) is 9.07. The van der Waals surface area contributed by atoms with Crippen LogP contribution in [0.15, 0.2) is 40.5 Å². The molecule has 6 nitrogen and oxygen atoms in total. The number of benzene rings is 2. The van der Waals surface area contributed by atoms with E-state index in [4.69, 9.17) is 32.7 Å². The molecule has 0 unspecified atom stereocenters. The molecule has 1 N–H and O–H groups in total. The molecular formula is C20H17BrCl2N2O4. The Morgan fingerprint density at radius 2 is 1.90 bits per heavy atom. The Balaban J connectivity index is 1.84. The molecule has 3 amide bonds. The van der Waals surface area contributed by atoms with Crippen LogP contribution >= 0.6 is 39.1 Å². The predicted molar refractivity (Wildman–Crippen MR) is 115 cm³/mol. The monoisotopic (exact) mass is 498 g/mol. The van der Waals surface area contributed by atoms with Crippen molar-refractivity contribution in [2.24, 2.45) is 0 Å². The number of amides is 3. The van der Waals surface area contributed by atoms with Gasteiger partial charge in [0, 0.05) is 11.0 Å². The van der Waals surface area contributed by atoms with Crippen molar-refractivity contribution in [2.45, 2.75) is 13.5 Å². The summed E-state index contributed by atoms with van der Waals surface area (Å²) in [6, 6.07) is 8.28. The van der Waals surface area contributed by atoms with E-state index in [2.05, 4.69) is 21.2 Å². The van der Waals surface area contributed by atoms with E-state index in [9.17, 15) is 9.59 Å². The van der Waals surface area contributed by atoms with Crippen molar-refractivity contribution in [1.29, 1.82) is 0 Å². The third kappa shape index (κ3) is 4.69. The average Bonchev–Trinajstić information content (AvgIpc) is 2.96. The maximum atomic E-state index is 12.3. The molecule has 1 saturated heterocycles. The Hall–Kier alpha value is -2.22. The van der Waals surface area contributed by atoms with Gasteiger partial charge in [0.15, 0.2) is 11.5 Å². The predicted octanol–water partition coefficient (Wildman–Crippen LogP) is 5.26. The van der Waals surface area contributed by atoms with Gasteiger partial charge in [0.2, 0.25) is 0 Å². The van der Waals surface area contributed by atoms with Crippen molar-refractivity contribution >= 4 is 57.1 Å². The lowest BCUT2D eigenvalue weighted by molar-refractivity contribution is -0.122. The lowest BCUT2D eigenvalue weighted by Crippen LogP contribution is -2.30. The van der Waals surface area contributed by atoms with Gasteiger partial charge >= 0.3 is 6.03 Å². The summed E-state index contributed by atoms with van der Waals surface area (Å²) in [7, 11) is 1.52. The Morgan fingerprint density at radius 1 is 1.14 bits per heavy atom. The molecule has 1 heterocycles. The first-order valence-electron chi connectivity index (χ1n) is 8.62. The lowest BCUT2D eigenvalue weighted by Gasteiger charge is -2.13. The maximum absolute atomic E-state index is 12.3. The first kappa shape index (κ1) is 21.5. The van der Waals surface area contributed by atoms with Crippen LogP contribution in [0.25, 0.3) is 6.08 Å². The fourth-order valence-corrected chi connectivity index (χ4v) is 3.50. The molecule has 0 radical (unpaired) electrons. The van der Waals surface area contributed by atoms with Gasteiger partial charge in [-0.2, -0.15) is 0 Å². The summed E-state index contributed by atoms with van der Waals surface area (Å²) in [5, 5.41) is 3.50. The van der Waals surface area contributed by atoms with E-state index in [1.165, 1.54) is 7.11 Å². The molecular weight excluding hydrogens is 483 g/mol. The first-order chi connectivity index (χ1) is 13.8. The highest BCUT2D eigenvalue weighted by atomic mass is 79.9. The smallest absolute Gasteiger partial charge is 0.328 e. The van der Waals surface area contributed by atoms with E-state index in [-0.39, 0.29) is 18.2 Å². The van der Waals surface area contributed by atoms with Crippen LogP contribution in [-0.2, 0) is 11.4 Å². The molecule has 0 aromatic heterocycles. The maximum Gasteiger partial charge on any atom is 0.328 e. The molecule has 3 rings (SSSR count). The number of hydrogen-bond donors (Lipinski definition) is 1. The van der Waals surface area contributed by atoms with Crippen molar-refractivity contribution in [1.82, 2.24) is 10.2 Å². The zero-order valence-corrected chi connectivity index (χ0v) is 18.7. The summed E-state index contributed by atoms with van der Waals surface area (Å²) in [5.41, 5.74) is 1.71. The summed E-state index contributed by atoms with van der Waals surface area (Å²) < 4.78 is 12.0. The van der Waals surface area contributed by atoms with Gasteiger partial charge in [0.25, 0.3) is 5.91 Å². The summed E-state index contributed by atoms with van der Waals surface area (Å²) >= 11 is 15.4. The van der Waals surface area contributed by atoms with Gasteiger partial charge in [0.1, 0.15) is 12.3 Å². The molecule has 1 fully saturated rings. The summed E-state index contributed by atoms with van der Waals surface area (Å²) in [6.07, 6.45) is 1.59. The lowest BCUT2D eigenvalue weighted by atomic mass is 10.1. The molecule has 1 aliphatic rings. The Bertz CT molecular complexity index is 1010. The van der Waals surface area contributed by atoms with Crippen LogP contribution in [0.2, 0.25) is 10.0 Å². The van der Waals surface area contributed by atoms with Gasteiger partial charge in [-0.3, -0.25) is 9.69 Å². The number of hydrogen-bond acceptors (Lipinski definition) is 4. The topological polar surface area (TPSA) is 67.9 Å². The summed E-state index contributed by atoms with van der Waals surface area (Å²) in [4.78, 5) is 25.2. The number of ether oxygens (including phenoxy) is 2. The molecule has 1 aliphatic heterocycles. The third-order valence-electron chi connectivity index (χ3n) is 4.24. The number of halogens is 3. The standard InChI is InChI=1S/C20H17BrCl2N2O4/c1-3-25-19(26)16(24-20(25)27)7-12-8-17(28-2)18(9-13(12)21)29-10-11-4-5-14(22)15(23)6-11/h4-9H,3,10H2,1-2H3,(H,24,27)/b16-7+. The number of imide groups is 1. The first-order valence-corrected chi connectivity index (χ1v) is 10.2.